The standard InChI is InChI=1S/C21H22N4O3/c1-14-11-15(18-22-9-6-10-23-18)13-25(19(14)26)17-8-5-7-16(12-17)24-20(27)28-21(2,3)4/h5-13H,1-4H3,(H,24,27). The van der Waals surface area contributed by atoms with Gasteiger partial charge in [-0.3, -0.25) is 14.7 Å². The second-order valence-electron chi connectivity index (χ2n) is 7.34. The Morgan fingerprint density at radius 1 is 1.11 bits per heavy atom. The Labute approximate surface area is 163 Å². The van der Waals surface area contributed by atoms with E-state index in [1.54, 1.807) is 82.7 Å². The summed E-state index contributed by atoms with van der Waals surface area (Å²) in [7, 11) is 0. The van der Waals surface area contributed by atoms with Crippen LogP contribution < -0.4 is 10.9 Å². The van der Waals surface area contributed by atoms with Crippen LogP contribution in [0.4, 0.5) is 10.5 Å². The minimum Gasteiger partial charge on any atom is -0.444 e. The lowest BCUT2D eigenvalue weighted by molar-refractivity contribution is 0.0636. The number of nitrogens with one attached hydrogen (secondary N) is 1. The Morgan fingerprint density at radius 2 is 1.82 bits per heavy atom. The highest BCUT2D eigenvalue weighted by molar-refractivity contribution is 5.85. The molecule has 0 unspecified atom stereocenters. The van der Waals surface area contributed by atoms with Gasteiger partial charge in [0.2, 0.25) is 0 Å². The van der Waals surface area contributed by atoms with Gasteiger partial charge in [0, 0.05) is 35.4 Å². The fourth-order valence-corrected chi connectivity index (χ4v) is 2.64. The van der Waals surface area contributed by atoms with Gasteiger partial charge in [0.05, 0.1) is 5.69 Å². The van der Waals surface area contributed by atoms with Crippen LogP contribution in [0.5, 0.6) is 0 Å². The van der Waals surface area contributed by atoms with Crippen LogP contribution in [0.2, 0.25) is 0 Å². The summed E-state index contributed by atoms with van der Waals surface area (Å²) in [5.41, 5.74) is 1.67. The maximum Gasteiger partial charge on any atom is 0.412 e. The topological polar surface area (TPSA) is 86.1 Å². The number of ether oxygens (including phenoxy) is 1. The predicted octanol–water partition coefficient (Wildman–Crippen LogP) is 3.95. The second-order valence-corrected chi connectivity index (χ2v) is 7.34. The lowest BCUT2D eigenvalue weighted by Crippen LogP contribution is -2.27. The van der Waals surface area contributed by atoms with Crippen molar-refractivity contribution in [2.24, 2.45) is 0 Å². The summed E-state index contributed by atoms with van der Waals surface area (Å²) in [6.45, 7) is 7.13. The van der Waals surface area contributed by atoms with Crippen molar-refractivity contribution >= 4 is 11.8 Å². The molecule has 0 atom stereocenters. The number of carbonyl (C=O) groups excluding carboxylic acids is 1. The van der Waals surface area contributed by atoms with Gasteiger partial charge in [-0.2, -0.15) is 0 Å². The van der Waals surface area contributed by atoms with Crippen LogP contribution in [0.25, 0.3) is 17.1 Å². The Kier molecular flexibility index (Phi) is 5.26. The van der Waals surface area contributed by atoms with E-state index in [1.165, 1.54) is 4.57 Å². The molecule has 1 N–H and O–H groups in total. The molecule has 0 fully saturated rings. The van der Waals surface area contributed by atoms with E-state index in [1.807, 2.05) is 0 Å². The van der Waals surface area contributed by atoms with Crippen molar-refractivity contribution in [2.75, 3.05) is 5.32 Å². The van der Waals surface area contributed by atoms with E-state index >= 15 is 0 Å². The predicted molar refractivity (Wildman–Crippen MR) is 108 cm³/mol. The molecular formula is C21H22N4O3. The van der Waals surface area contributed by atoms with Crippen LogP contribution in [0.3, 0.4) is 0 Å². The third-order valence-corrected chi connectivity index (χ3v) is 3.79. The summed E-state index contributed by atoms with van der Waals surface area (Å²) in [5.74, 6) is 0.530. The monoisotopic (exact) mass is 378 g/mol. The quantitative estimate of drug-likeness (QED) is 0.746. The molecule has 1 aromatic carbocycles. The van der Waals surface area contributed by atoms with E-state index in [0.717, 1.165) is 5.56 Å². The Bertz CT molecular complexity index is 1050. The molecular weight excluding hydrogens is 356 g/mol. The van der Waals surface area contributed by atoms with Crippen LogP contribution in [-0.4, -0.2) is 26.2 Å². The first-order chi connectivity index (χ1) is 13.2. The summed E-state index contributed by atoms with van der Waals surface area (Å²) in [6.07, 6.45) is 4.44. The summed E-state index contributed by atoms with van der Waals surface area (Å²) >= 11 is 0. The first kappa shape index (κ1) is 19.3. The van der Waals surface area contributed by atoms with E-state index in [4.69, 9.17) is 4.74 Å². The maximum atomic E-state index is 12.7. The maximum absolute atomic E-state index is 12.7. The number of hydrogen-bond acceptors (Lipinski definition) is 5. The lowest BCUT2D eigenvalue weighted by Gasteiger charge is -2.20. The van der Waals surface area contributed by atoms with Crippen molar-refractivity contribution < 1.29 is 9.53 Å². The number of hydrogen-bond donors (Lipinski definition) is 1. The van der Waals surface area contributed by atoms with Gasteiger partial charge in [0.1, 0.15) is 5.60 Å². The Hall–Kier alpha value is -3.48. The normalized spacial score (nSPS) is 11.1. The molecule has 0 saturated heterocycles. The van der Waals surface area contributed by atoms with E-state index in [9.17, 15) is 9.59 Å². The highest BCUT2D eigenvalue weighted by Gasteiger charge is 2.16. The molecule has 0 spiro atoms. The van der Waals surface area contributed by atoms with Gasteiger partial charge in [-0.25, -0.2) is 14.8 Å². The van der Waals surface area contributed by atoms with Crippen LogP contribution >= 0.6 is 0 Å². The van der Waals surface area contributed by atoms with E-state index < -0.39 is 11.7 Å². The number of carbonyl (C=O) groups is 1. The third-order valence-electron chi connectivity index (χ3n) is 3.79. The molecule has 0 saturated carbocycles. The number of aryl methyl sites for hydroxylation is 1. The summed E-state index contributed by atoms with van der Waals surface area (Å²) in [5, 5.41) is 2.69. The van der Waals surface area contributed by atoms with Crippen molar-refractivity contribution in [1.82, 2.24) is 14.5 Å². The molecule has 2 heterocycles. The van der Waals surface area contributed by atoms with Gasteiger partial charge < -0.3 is 4.74 Å². The smallest absolute Gasteiger partial charge is 0.412 e. The van der Waals surface area contributed by atoms with Crippen molar-refractivity contribution in [2.45, 2.75) is 33.3 Å². The van der Waals surface area contributed by atoms with Crippen molar-refractivity contribution in [3.8, 4) is 17.1 Å². The number of pyridine rings is 1. The zero-order valence-corrected chi connectivity index (χ0v) is 16.3. The van der Waals surface area contributed by atoms with Crippen molar-refractivity contribution in [3.63, 3.8) is 0 Å². The number of anilines is 1. The molecule has 0 aliphatic carbocycles. The number of amides is 1. The molecule has 144 valence electrons. The molecule has 3 rings (SSSR count). The van der Waals surface area contributed by atoms with E-state index in [2.05, 4.69) is 15.3 Å². The number of rotatable bonds is 3. The zero-order chi connectivity index (χ0) is 20.3. The SMILES string of the molecule is Cc1cc(-c2ncccn2)cn(-c2cccc(NC(=O)OC(C)(C)C)c2)c1=O. The molecule has 0 bridgehead atoms. The highest BCUT2D eigenvalue weighted by atomic mass is 16.6. The summed E-state index contributed by atoms with van der Waals surface area (Å²) < 4.78 is 6.79. The molecule has 3 aromatic rings. The highest BCUT2D eigenvalue weighted by Crippen LogP contribution is 2.19. The van der Waals surface area contributed by atoms with Gasteiger partial charge in [0.25, 0.3) is 5.56 Å². The molecule has 0 aliphatic heterocycles. The summed E-state index contributed by atoms with van der Waals surface area (Å²) in [4.78, 5) is 33.2. The molecule has 7 nitrogen and oxygen atoms in total. The zero-order valence-electron chi connectivity index (χ0n) is 16.3. The first-order valence-corrected chi connectivity index (χ1v) is 8.84. The third kappa shape index (κ3) is 4.62. The number of nitrogens with zero attached hydrogens (tertiary/aromatic N) is 3. The summed E-state index contributed by atoms with van der Waals surface area (Å²) in [6, 6.07) is 10.5. The van der Waals surface area contributed by atoms with Gasteiger partial charge >= 0.3 is 6.09 Å². The van der Waals surface area contributed by atoms with Crippen LogP contribution in [-0.2, 0) is 4.74 Å². The average molecular weight is 378 g/mol. The second kappa shape index (κ2) is 7.64. The average Bonchev–Trinajstić information content (AvgIpc) is 2.63. The van der Waals surface area contributed by atoms with Crippen LogP contribution in [0, 0.1) is 6.92 Å². The van der Waals surface area contributed by atoms with Crippen LogP contribution in [0.1, 0.15) is 26.3 Å². The number of benzene rings is 1. The molecule has 0 aliphatic rings. The molecule has 28 heavy (non-hydrogen) atoms. The van der Waals surface area contributed by atoms with Gasteiger partial charge in [-0.15, -0.1) is 0 Å². The Morgan fingerprint density at radius 3 is 2.50 bits per heavy atom. The van der Waals surface area contributed by atoms with Gasteiger partial charge in [-0.05, 0) is 58.0 Å². The largest absolute Gasteiger partial charge is 0.444 e. The molecule has 7 heteroatoms. The van der Waals surface area contributed by atoms with E-state index in [0.29, 0.717) is 22.8 Å². The Balaban J connectivity index is 1.97. The molecule has 0 radical (unpaired) electrons. The van der Waals surface area contributed by atoms with Crippen LogP contribution in [0.15, 0.2) is 59.8 Å². The van der Waals surface area contributed by atoms with Gasteiger partial charge in [0.15, 0.2) is 5.82 Å². The molecule has 2 aromatic heterocycles. The minimum atomic E-state index is -0.597. The van der Waals surface area contributed by atoms with Crippen molar-refractivity contribution in [1.29, 1.82) is 0 Å². The van der Waals surface area contributed by atoms with Crippen molar-refractivity contribution in [3.05, 3.63) is 70.9 Å². The minimum absolute atomic E-state index is 0.158. The number of aromatic nitrogens is 3. The fraction of sp³-hybridized carbons (Fsp3) is 0.238. The van der Waals surface area contributed by atoms with Gasteiger partial charge in [-0.1, -0.05) is 6.07 Å². The first-order valence-electron chi connectivity index (χ1n) is 8.84. The fourth-order valence-electron chi connectivity index (χ4n) is 2.64. The molecule has 1 amide bonds. The lowest BCUT2D eigenvalue weighted by atomic mass is 10.2. The van der Waals surface area contributed by atoms with E-state index in [-0.39, 0.29) is 5.56 Å².